The zero-order valence-electron chi connectivity index (χ0n) is 11.1. The van der Waals surface area contributed by atoms with E-state index >= 15 is 0 Å². The predicted octanol–water partition coefficient (Wildman–Crippen LogP) is 2.41. The Bertz CT molecular complexity index is 434. The van der Waals surface area contributed by atoms with Crippen LogP contribution in [0.2, 0.25) is 0 Å². The number of aryl methyl sites for hydroxylation is 1. The first kappa shape index (κ1) is 13.3. The van der Waals surface area contributed by atoms with E-state index in [-0.39, 0.29) is 11.9 Å². The smallest absolute Gasteiger partial charge is 0.126 e. The molecular weight excluding hydrogens is 233 g/mol. The average Bonchev–Trinajstić information content (AvgIpc) is 2.31. The number of hydrogen-bond acceptors (Lipinski definition) is 3. The predicted molar refractivity (Wildman–Crippen MR) is 69.4 cm³/mol. The van der Waals surface area contributed by atoms with Gasteiger partial charge in [-0.1, -0.05) is 0 Å². The molecule has 2 rings (SSSR count). The second kappa shape index (κ2) is 5.24. The number of aliphatic hydroxyl groups excluding tert-OH is 1. The van der Waals surface area contributed by atoms with Crippen LogP contribution in [-0.2, 0) is 4.74 Å². The van der Waals surface area contributed by atoms with Crippen LogP contribution in [-0.4, -0.2) is 30.9 Å². The molecular formula is C14H20FNO2. The van der Waals surface area contributed by atoms with Crippen molar-refractivity contribution in [1.29, 1.82) is 0 Å². The third kappa shape index (κ3) is 2.65. The van der Waals surface area contributed by atoms with Gasteiger partial charge in [0.05, 0.1) is 18.8 Å². The lowest BCUT2D eigenvalue weighted by molar-refractivity contribution is 0.0529. The molecule has 0 spiro atoms. The molecule has 1 saturated heterocycles. The van der Waals surface area contributed by atoms with Gasteiger partial charge in [-0.3, -0.25) is 0 Å². The van der Waals surface area contributed by atoms with E-state index in [9.17, 15) is 9.50 Å². The second-order valence-corrected chi connectivity index (χ2v) is 4.96. The molecule has 0 radical (unpaired) electrons. The van der Waals surface area contributed by atoms with Gasteiger partial charge in [-0.15, -0.1) is 0 Å². The quantitative estimate of drug-likeness (QED) is 0.878. The SMILES string of the molecule is Cc1cc(N2CCOC(C)C2)c([C@H](C)O)cc1F. The standard InChI is InChI=1S/C14H20FNO2/c1-9-6-14(12(11(3)17)7-13(9)15)16-4-5-18-10(2)8-16/h6-7,10-11,17H,4-5,8H2,1-3H3/t10?,11-/m0/s1. The van der Waals surface area contributed by atoms with Crippen LogP contribution in [0.5, 0.6) is 0 Å². The fraction of sp³-hybridized carbons (Fsp3) is 0.571. The fourth-order valence-corrected chi connectivity index (χ4v) is 2.33. The Balaban J connectivity index is 2.38. The molecule has 1 aromatic carbocycles. The average molecular weight is 253 g/mol. The molecule has 0 saturated carbocycles. The topological polar surface area (TPSA) is 32.7 Å². The van der Waals surface area contributed by atoms with E-state index in [0.717, 1.165) is 18.8 Å². The van der Waals surface area contributed by atoms with Gasteiger partial charge in [-0.2, -0.15) is 0 Å². The van der Waals surface area contributed by atoms with Crippen molar-refractivity contribution < 1.29 is 14.2 Å². The minimum atomic E-state index is -0.673. The summed E-state index contributed by atoms with van der Waals surface area (Å²) < 4.78 is 19.1. The molecule has 1 heterocycles. The van der Waals surface area contributed by atoms with E-state index in [1.807, 2.05) is 13.0 Å². The molecule has 2 atom stereocenters. The summed E-state index contributed by atoms with van der Waals surface area (Å²) in [5.41, 5.74) is 2.17. The summed E-state index contributed by atoms with van der Waals surface area (Å²) in [4.78, 5) is 2.16. The highest BCUT2D eigenvalue weighted by Gasteiger charge is 2.21. The normalized spacial score (nSPS) is 22.1. The first-order valence-corrected chi connectivity index (χ1v) is 6.33. The summed E-state index contributed by atoms with van der Waals surface area (Å²) in [6, 6.07) is 3.25. The summed E-state index contributed by atoms with van der Waals surface area (Å²) in [6.45, 7) is 7.63. The van der Waals surface area contributed by atoms with E-state index in [1.165, 1.54) is 6.07 Å². The molecule has 18 heavy (non-hydrogen) atoms. The number of ether oxygens (including phenoxy) is 1. The molecule has 4 heteroatoms. The van der Waals surface area contributed by atoms with Crippen molar-refractivity contribution >= 4 is 5.69 Å². The van der Waals surface area contributed by atoms with Crippen molar-refractivity contribution in [3.63, 3.8) is 0 Å². The van der Waals surface area contributed by atoms with Gasteiger partial charge in [0, 0.05) is 24.3 Å². The van der Waals surface area contributed by atoms with Crippen LogP contribution in [0, 0.1) is 12.7 Å². The van der Waals surface area contributed by atoms with Crippen molar-refractivity contribution in [1.82, 2.24) is 0 Å². The van der Waals surface area contributed by atoms with Gasteiger partial charge in [0.2, 0.25) is 0 Å². The van der Waals surface area contributed by atoms with Crippen molar-refractivity contribution in [2.24, 2.45) is 0 Å². The van der Waals surface area contributed by atoms with Crippen molar-refractivity contribution in [2.45, 2.75) is 33.0 Å². The number of halogens is 1. The number of nitrogens with zero attached hydrogens (tertiary/aromatic N) is 1. The number of hydrogen-bond donors (Lipinski definition) is 1. The van der Waals surface area contributed by atoms with Crippen LogP contribution in [0.15, 0.2) is 12.1 Å². The summed E-state index contributed by atoms with van der Waals surface area (Å²) in [6.07, 6.45) is -0.515. The lowest BCUT2D eigenvalue weighted by atomic mass is 10.0. The maximum atomic E-state index is 13.6. The number of aliphatic hydroxyl groups is 1. The number of anilines is 1. The highest BCUT2D eigenvalue weighted by Crippen LogP contribution is 2.30. The van der Waals surface area contributed by atoms with Gasteiger partial charge in [0.1, 0.15) is 5.82 Å². The molecule has 1 aliphatic heterocycles. The van der Waals surface area contributed by atoms with Crippen LogP contribution in [0.1, 0.15) is 31.1 Å². The molecule has 1 N–H and O–H groups in total. The Morgan fingerprint density at radius 1 is 1.50 bits per heavy atom. The lowest BCUT2D eigenvalue weighted by Crippen LogP contribution is -2.41. The van der Waals surface area contributed by atoms with Gasteiger partial charge in [-0.25, -0.2) is 4.39 Å². The van der Waals surface area contributed by atoms with E-state index < -0.39 is 6.10 Å². The van der Waals surface area contributed by atoms with Crippen LogP contribution in [0.3, 0.4) is 0 Å². The van der Waals surface area contributed by atoms with Gasteiger partial charge in [0.25, 0.3) is 0 Å². The van der Waals surface area contributed by atoms with Crippen LogP contribution in [0.4, 0.5) is 10.1 Å². The summed E-state index contributed by atoms with van der Waals surface area (Å²) >= 11 is 0. The van der Waals surface area contributed by atoms with E-state index in [4.69, 9.17) is 4.74 Å². The summed E-state index contributed by atoms with van der Waals surface area (Å²) in [5.74, 6) is -0.268. The maximum absolute atomic E-state index is 13.6. The zero-order valence-corrected chi connectivity index (χ0v) is 11.1. The molecule has 1 aliphatic rings. The second-order valence-electron chi connectivity index (χ2n) is 4.96. The number of rotatable bonds is 2. The molecule has 0 aromatic heterocycles. The van der Waals surface area contributed by atoms with E-state index in [0.29, 0.717) is 17.7 Å². The van der Waals surface area contributed by atoms with Gasteiger partial charge in [-0.05, 0) is 38.5 Å². The molecule has 1 fully saturated rings. The minimum absolute atomic E-state index is 0.158. The monoisotopic (exact) mass is 253 g/mol. The molecule has 0 bridgehead atoms. The highest BCUT2D eigenvalue weighted by molar-refractivity contribution is 5.57. The van der Waals surface area contributed by atoms with Gasteiger partial charge in [0.15, 0.2) is 0 Å². The van der Waals surface area contributed by atoms with Gasteiger partial charge >= 0.3 is 0 Å². The van der Waals surface area contributed by atoms with Crippen molar-refractivity contribution in [3.05, 3.63) is 29.1 Å². The summed E-state index contributed by atoms with van der Waals surface area (Å²) in [5, 5.41) is 9.79. The van der Waals surface area contributed by atoms with Gasteiger partial charge < -0.3 is 14.7 Å². The number of morpholine rings is 1. The molecule has 3 nitrogen and oxygen atoms in total. The Labute approximate surface area is 107 Å². The molecule has 100 valence electrons. The highest BCUT2D eigenvalue weighted by atomic mass is 19.1. The zero-order chi connectivity index (χ0) is 13.3. The molecule has 1 aromatic rings. The largest absolute Gasteiger partial charge is 0.389 e. The summed E-state index contributed by atoms with van der Waals surface area (Å²) in [7, 11) is 0. The Morgan fingerprint density at radius 3 is 2.83 bits per heavy atom. The third-order valence-corrected chi connectivity index (χ3v) is 3.34. The Kier molecular flexibility index (Phi) is 3.88. The lowest BCUT2D eigenvalue weighted by Gasteiger charge is -2.35. The Hall–Kier alpha value is -1.13. The maximum Gasteiger partial charge on any atom is 0.126 e. The Morgan fingerprint density at radius 2 is 2.22 bits per heavy atom. The third-order valence-electron chi connectivity index (χ3n) is 3.34. The van der Waals surface area contributed by atoms with Crippen LogP contribution >= 0.6 is 0 Å². The van der Waals surface area contributed by atoms with Crippen LogP contribution < -0.4 is 4.90 Å². The molecule has 0 amide bonds. The fourth-order valence-electron chi connectivity index (χ4n) is 2.33. The molecule has 1 unspecified atom stereocenters. The minimum Gasteiger partial charge on any atom is -0.389 e. The van der Waals surface area contributed by atoms with E-state index in [1.54, 1.807) is 13.8 Å². The van der Waals surface area contributed by atoms with Crippen molar-refractivity contribution in [3.8, 4) is 0 Å². The van der Waals surface area contributed by atoms with E-state index in [2.05, 4.69) is 4.90 Å². The molecule has 0 aliphatic carbocycles. The first-order valence-electron chi connectivity index (χ1n) is 6.33. The first-order chi connectivity index (χ1) is 8.49. The number of benzene rings is 1. The van der Waals surface area contributed by atoms with Crippen molar-refractivity contribution in [2.75, 3.05) is 24.6 Å². The van der Waals surface area contributed by atoms with Crippen LogP contribution in [0.25, 0.3) is 0 Å².